The Morgan fingerprint density at radius 1 is 1.04 bits per heavy atom. The van der Waals surface area contributed by atoms with Gasteiger partial charge in [-0.25, -0.2) is 0 Å². The van der Waals surface area contributed by atoms with Crippen LogP contribution in [0.1, 0.15) is 6.92 Å². The average molecular weight is 353 g/mol. The van der Waals surface area contributed by atoms with Crippen molar-refractivity contribution in [2.75, 3.05) is 56.6 Å². The number of para-hydroxylation sites is 2. The third-order valence-electron chi connectivity index (χ3n) is 5.04. The highest BCUT2D eigenvalue weighted by molar-refractivity contribution is 6.03. The molecule has 136 valence electrons. The van der Waals surface area contributed by atoms with E-state index in [1.165, 1.54) is 0 Å². The van der Waals surface area contributed by atoms with E-state index in [0.29, 0.717) is 32.0 Å². The first kappa shape index (κ1) is 18.0. The molecule has 1 amide bonds. The summed E-state index contributed by atoms with van der Waals surface area (Å²) in [6.07, 6.45) is 0. The van der Waals surface area contributed by atoms with Crippen molar-refractivity contribution in [3.05, 3.63) is 35.7 Å². The zero-order chi connectivity index (χ0) is 18.8. The Morgan fingerprint density at radius 2 is 1.58 bits per heavy atom. The Balaban J connectivity index is 1.77. The maximum absolute atomic E-state index is 12.8. The molecule has 1 aromatic carbocycles. The van der Waals surface area contributed by atoms with Crippen LogP contribution in [-0.2, 0) is 9.59 Å². The van der Waals surface area contributed by atoms with E-state index in [0.717, 1.165) is 11.4 Å². The largest absolute Gasteiger partial charge is 0.340 e. The number of hydrogen-bond acceptors (Lipinski definition) is 6. The molecule has 1 fully saturated rings. The number of fused-ring (bicyclic) bond motifs is 1. The lowest BCUT2D eigenvalue weighted by molar-refractivity contribution is -0.130. The number of anilines is 2. The van der Waals surface area contributed by atoms with Gasteiger partial charge >= 0.3 is 0 Å². The van der Waals surface area contributed by atoms with Crippen LogP contribution in [0.4, 0.5) is 11.4 Å². The van der Waals surface area contributed by atoms with Crippen LogP contribution < -0.4 is 9.80 Å². The van der Waals surface area contributed by atoms with Crippen LogP contribution in [-0.4, -0.2) is 68.3 Å². The molecule has 1 saturated heterocycles. The van der Waals surface area contributed by atoms with Crippen LogP contribution in [0.15, 0.2) is 35.7 Å². The second kappa shape index (κ2) is 7.18. The maximum Gasteiger partial charge on any atom is 0.219 e. The van der Waals surface area contributed by atoms with Gasteiger partial charge in [0.05, 0.1) is 17.9 Å². The average Bonchev–Trinajstić information content (AvgIpc) is 2.88. The van der Waals surface area contributed by atoms with Crippen molar-refractivity contribution in [3.63, 3.8) is 0 Å². The molecule has 0 aliphatic carbocycles. The number of ketones is 1. The summed E-state index contributed by atoms with van der Waals surface area (Å²) in [6, 6.07) is 9.93. The SMILES string of the molecule is CC(=O)N1CCN(CC(=O)C(C#N)=C2N(C)c3ccccc3N2C)CC1. The molecule has 1 aromatic rings. The van der Waals surface area contributed by atoms with Gasteiger partial charge in [-0.3, -0.25) is 14.5 Å². The quantitative estimate of drug-likeness (QED) is 0.597. The van der Waals surface area contributed by atoms with Gasteiger partial charge < -0.3 is 14.7 Å². The first-order chi connectivity index (χ1) is 12.4. The molecule has 0 unspecified atom stereocenters. The second-order valence-electron chi connectivity index (χ2n) is 6.62. The fourth-order valence-electron chi connectivity index (χ4n) is 3.56. The van der Waals surface area contributed by atoms with E-state index in [-0.39, 0.29) is 23.8 Å². The fourth-order valence-corrected chi connectivity index (χ4v) is 3.56. The number of rotatable bonds is 3. The third kappa shape index (κ3) is 3.16. The van der Waals surface area contributed by atoms with E-state index in [2.05, 4.69) is 6.07 Å². The van der Waals surface area contributed by atoms with Crippen molar-refractivity contribution < 1.29 is 9.59 Å². The first-order valence-electron chi connectivity index (χ1n) is 8.66. The van der Waals surface area contributed by atoms with Crippen molar-refractivity contribution in [1.82, 2.24) is 9.80 Å². The van der Waals surface area contributed by atoms with Crippen molar-refractivity contribution in [1.29, 1.82) is 5.26 Å². The minimum atomic E-state index is -0.190. The van der Waals surface area contributed by atoms with Crippen molar-refractivity contribution >= 4 is 23.1 Å². The Kier molecular flexibility index (Phi) is 4.96. The minimum absolute atomic E-state index is 0.0581. The second-order valence-corrected chi connectivity index (χ2v) is 6.62. The summed E-state index contributed by atoms with van der Waals surface area (Å²) in [5.41, 5.74) is 2.11. The summed E-state index contributed by atoms with van der Waals surface area (Å²) in [5.74, 6) is 0.481. The van der Waals surface area contributed by atoms with Crippen LogP contribution >= 0.6 is 0 Å². The summed E-state index contributed by atoms with van der Waals surface area (Å²) < 4.78 is 0. The third-order valence-corrected chi connectivity index (χ3v) is 5.04. The highest BCUT2D eigenvalue weighted by Gasteiger charge is 2.32. The predicted molar refractivity (Wildman–Crippen MR) is 99.6 cm³/mol. The molecule has 26 heavy (non-hydrogen) atoms. The molecule has 0 saturated carbocycles. The molecule has 0 spiro atoms. The van der Waals surface area contributed by atoms with Crippen LogP contribution in [0, 0.1) is 11.3 Å². The summed E-state index contributed by atoms with van der Waals surface area (Å²) in [6.45, 7) is 4.27. The Hall–Kier alpha value is -2.85. The molecule has 2 heterocycles. The number of carbonyl (C=O) groups excluding carboxylic acids is 2. The van der Waals surface area contributed by atoms with Crippen LogP contribution in [0.25, 0.3) is 0 Å². The first-order valence-corrected chi connectivity index (χ1v) is 8.66. The van der Waals surface area contributed by atoms with E-state index in [1.807, 2.05) is 53.1 Å². The predicted octanol–water partition coefficient (Wildman–Crippen LogP) is 1.04. The summed E-state index contributed by atoms with van der Waals surface area (Å²) in [4.78, 5) is 31.8. The molecular weight excluding hydrogens is 330 g/mol. The molecular formula is C19H23N5O2. The fraction of sp³-hybridized carbons (Fsp3) is 0.421. The zero-order valence-corrected chi connectivity index (χ0v) is 15.4. The lowest BCUT2D eigenvalue weighted by atomic mass is 10.1. The number of carbonyl (C=O) groups is 2. The van der Waals surface area contributed by atoms with Crippen LogP contribution in [0.2, 0.25) is 0 Å². The topological polar surface area (TPSA) is 70.9 Å². The van der Waals surface area contributed by atoms with Gasteiger partial charge in [0.2, 0.25) is 5.91 Å². The normalized spacial score (nSPS) is 17.2. The molecule has 0 radical (unpaired) electrons. The van der Waals surface area contributed by atoms with Gasteiger partial charge in [0, 0.05) is 47.2 Å². The Morgan fingerprint density at radius 3 is 2.04 bits per heavy atom. The van der Waals surface area contributed by atoms with Gasteiger partial charge in [-0.1, -0.05) is 12.1 Å². The summed E-state index contributed by atoms with van der Waals surface area (Å²) in [7, 11) is 3.74. The molecule has 0 aromatic heterocycles. The monoisotopic (exact) mass is 353 g/mol. The van der Waals surface area contributed by atoms with E-state index in [9.17, 15) is 14.9 Å². The number of Topliss-reactive ketones (excluding diaryl/α,β-unsaturated/α-hetero) is 1. The number of benzene rings is 1. The minimum Gasteiger partial charge on any atom is -0.340 e. The molecule has 3 rings (SSSR count). The van der Waals surface area contributed by atoms with Crippen LogP contribution in [0.5, 0.6) is 0 Å². The van der Waals surface area contributed by atoms with Gasteiger partial charge in [-0.05, 0) is 12.1 Å². The number of piperazine rings is 1. The Bertz CT molecular complexity index is 771. The maximum atomic E-state index is 12.8. The molecule has 0 atom stereocenters. The smallest absolute Gasteiger partial charge is 0.219 e. The number of hydrogen-bond donors (Lipinski definition) is 0. The van der Waals surface area contributed by atoms with Crippen molar-refractivity contribution in [2.45, 2.75) is 6.92 Å². The molecule has 7 nitrogen and oxygen atoms in total. The van der Waals surface area contributed by atoms with Gasteiger partial charge in [-0.15, -0.1) is 0 Å². The van der Waals surface area contributed by atoms with Crippen molar-refractivity contribution in [3.8, 4) is 6.07 Å². The van der Waals surface area contributed by atoms with Gasteiger partial charge in [0.1, 0.15) is 17.5 Å². The Labute approximate surface area is 153 Å². The molecule has 2 aliphatic rings. The van der Waals surface area contributed by atoms with Crippen LogP contribution in [0.3, 0.4) is 0 Å². The lowest BCUT2D eigenvalue weighted by Crippen LogP contribution is -2.49. The highest BCUT2D eigenvalue weighted by atomic mass is 16.2. The number of amides is 1. The van der Waals surface area contributed by atoms with Gasteiger partial charge in [0.25, 0.3) is 0 Å². The number of nitriles is 1. The molecule has 0 bridgehead atoms. The van der Waals surface area contributed by atoms with Gasteiger partial charge in [-0.2, -0.15) is 5.26 Å². The molecule has 2 aliphatic heterocycles. The number of nitrogens with zero attached hydrogens (tertiary/aromatic N) is 5. The molecule has 7 heteroatoms. The summed E-state index contributed by atoms with van der Waals surface area (Å²) in [5, 5.41) is 9.66. The van der Waals surface area contributed by atoms with E-state index in [1.54, 1.807) is 11.8 Å². The van der Waals surface area contributed by atoms with Gasteiger partial charge in [0.15, 0.2) is 5.78 Å². The lowest BCUT2D eigenvalue weighted by Gasteiger charge is -2.33. The highest BCUT2D eigenvalue weighted by Crippen LogP contribution is 2.40. The zero-order valence-electron chi connectivity index (χ0n) is 15.4. The van der Waals surface area contributed by atoms with E-state index >= 15 is 0 Å². The van der Waals surface area contributed by atoms with E-state index < -0.39 is 0 Å². The molecule has 0 N–H and O–H groups in total. The van der Waals surface area contributed by atoms with E-state index in [4.69, 9.17) is 0 Å². The summed E-state index contributed by atoms with van der Waals surface area (Å²) >= 11 is 0. The standard InChI is InChI=1S/C19H23N5O2/c1-14(25)24-10-8-23(9-11-24)13-18(26)15(12-20)19-21(2)16-6-4-5-7-17(16)22(19)3/h4-7H,8-11,13H2,1-3H3. The van der Waals surface area contributed by atoms with Crippen molar-refractivity contribution in [2.24, 2.45) is 0 Å².